The van der Waals surface area contributed by atoms with Crippen LogP contribution in [0, 0.1) is 0 Å². The van der Waals surface area contributed by atoms with Crippen molar-refractivity contribution >= 4 is 11.9 Å². The van der Waals surface area contributed by atoms with Crippen molar-refractivity contribution in [3.63, 3.8) is 0 Å². The van der Waals surface area contributed by atoms with Crippen LogP contribution in [0.15, 0.2) is 28.2 Å². The fourth-order valence-electron chi connectivity index (χ4n) is 2.39. The summed E-state index contributed by atoms with van der Waals surface area (Å²) in [5.41, 5.74) is 25.5. The Morgan fingerprint density at radius 1 is 1.05 bits per heavy atom. The molecule has 0 bridgehead atoms. The molecule has 0 spiro atoms. The van der Waals surface area contributed by atoms with E-state index in [1.54, 1.807) is 0 Å². The van der Waals surface area contributed by atoms with Gasteiger partial charge < -0.3 is 22.9 Å². The quantitative estimate of drug-likeness (QED) is 0.440. The molecule has 1 atom stereocenters. The fraction of sp³-hybridized carbons (Fsp3) is 0.385. The van der Waals surface area contributed by atoms with Gasteiger partial charge in [-0.05, 0) is 36.0 Å². The van der Waals surface area contributed by atoms with E-state index in [1.807, 2.05) is 6.07 Å². The molecule has 2 rings (SSSR count). The Bertz CT molecular complexity index is 512. The second-order valence-electron chi connectivity index (χ2n) is 4.72. The molecule has 19 heavy (non-hydrogen) atoms. The smallest absolute Gasteiger partial charge is 0.186 e. The lowest BCUT2D eigenvalue weighted by atomic mass is 10.0. The van der Waals surface area contributed by atoms with Crippen molar-refractivity contribution in [2.24, 2.45) is 32.9 Å². The lowest BCUT2D eigenvalue weighted by Crippen LogP contribution is -2.26. The van der Waals surface area contributed by atoms with Gasteiger partial charge in [-0.2, -0.15) is 0 Å². The third-order valence-electron chi connectivity index (χ3n) is 3.26. The van der Waals surface area contributed by atoms with E-state index in [1.165, 1.54) is 17.5 Å². The number of aliphatic imine (C=N–C) groups is 2. The highest BCUT2D eigenvalue weighted by molar-refractivity contribution is 5.76. The van der Waals surface area contributed by atoms with Gasteiger partial charge in [-0.15, -0.1) is 0 Å². The van der Waals surface area contributed by atoms with Crippen LogP contribution in [0.1, 0.15) is 29.2 Å². The zero-order valence-corrected chi connectivity index (χ0v) is 10.8. The van der Waals surface area contributed by atoms with Crippen molar-refractivity contribution in [2.75, 3.05) is 6.54 Å². The first-order valence-electron chi connectivity index (χ1n) is 6.32. The van der Waals surface area contributed by atoms with Crippen LogP contribution in [0.3, 0.4) is 0 Å². The fourth-order valence-corrected chi connectivity index (χ4v) is 2.39. The molecule has 1 aromatic carbocycles. The zero-order chi connectivity index (χ0) is 13.8. The lowest BCUT2D eigenvalue weighted by Gasteiger charge is -2.13. The Labute approximate surface area is 112 Å². The van der Waals surface area contributed by atoms with Gasteiger partial charge in [0.2, 0.25) is 0 Å². The first kappa shape index (κ1) is 13.2. The summed E-state index contributed by atoms with van der Waals surface area (Å²) < 4.78 is 0. The van der Waals surface area contributed by atoms with E-state index in [4.69, 9.17) is 22.9 Å². The van der Waals surface area contributed by atoms with Gasteiger partial charge in [-0.3, -0.25) is 4.99 Å². The third kappa shape index (κ3) is 3.37. The molecule has 8 N–H and O–H groups in total. The minimum absolute atomic E-state index is 0.0382. The van der Waals surface area contributed by atoms with E-state index in [9.17, 15) is 0 Å². The van der Waals surface area contributed by atoms with Gasteiger partial charge in [0.25, 0.3) is 0 Å². The number of fused-ring (bicyclic) bond motifs is 1. The molecule has 0 aliphatic heterocycles. The maximum atomic E-state index is 5.47. The van der Waals surface area contributed by atoms with E-state index >= 15 is 0 Å². The van der Waals surface area contributed by atoms with Gasteiger partial charge in [0.15, 0.2) is 11.9 Å². The standard InChI is InChI=1S/C13H20N6/c14-12(15)18-7-11(19-13(16)17)10-5-4-8-2-1-3-9(8)6-10/h4-6,11H,1-3,7H2,(H4,14,15,18)(H4,16,17,19). The summed E-state index contributed by atoms with van der Waals surface area (Å²) in [7, 11) is 0. The molecule has 0 radical (unpaired) electrons. The molecule has 102 valence electrons. The summed E-state index contributed by atoms with van der Waals surface area (Å²) in [6, 6.07) is 6.10. The number of nitrogens with zero attached hydrogens (tertiary/aromatic N) is 2. The lowest BCUT2D eigenvalue weighted by molar-refractivity contribution is 0.735. The number of hydrogen-bond donors (Lipinski definition) is 4. The summed E-state index contributed by atoms with van der Waals surface area (Å²) in [5.74, 6) is 0.0771. The number of rotatable bonds is 4. The van der Waals surface area contributed by atoms with E-state index in [-0.39, 0.29) is 18.0 Å². The highest BCUT2D eigenvalue weighted by Crippen LogP contribution is 2.27. The molecule has 1 aliphatic carbocycles. The second-order valence-corrected chi connectivity index (χ2v) is 4.72. The number of hydrogen-bond acceptors (Lipinski definition) is 2. The number of benzene rings is 1. The molecular formula is C13H20N6. The van der Waals surface area contributed by atoms with E-state index in [2.05, 4.69) is 22.1 Å². The Morgan fingerprint density at radius 2 is 1.79 bits per heavy atom. The van der Waals surface area contributed by atoms with Crippen molar-refractivity contribution in [3.05, 3.63) is 34.9 Å². The van der Waals surface area contributed by atoms with Crippen LogP contribution in [0.4, 0.5) is 0 Å². The predicted octanol–water partition coefficient (Wildman–Crippen LogP) is -0.237. The van der Waals surface area contributed by atoms with Crippen molar-refractivity contribution in [3.8, 4) is 0 Å². The highest BCUT2D eigenvalue weighted by atomic mass is 15.0. The first-order valence-corrected chi connectivity index (χ1v) is 6.32. The summed E-state index contributed by atoms with van der Waals surface area (Å²) in [5, 5.41) is 0. The molecule has 0 heterocycles. The van der Waals surface area contributed by atoms with Crippen LogP contribution < -0.4 is 22.9 Å². The number of guanidine groups is 2. The predicted molar refractivity (Wildman–Crippen MR) is 77.7 cm³/mol. The molecule has 0 saturated carbocycles. The molecule has 1 unspecified atom stereocenters. The van der Waals surface area contributed by atoms with Crippen LogP contribution in [0.5, 0.6) is 0 Å². The van der Waals surface area contributed by atoms with Crippen LogP contribution in [-0.2, 0) is 12.8 Å². The Kier molecular flexibility index (Phi) is 3.89. The molecule has 6 heteroatoms. The Balaban J connectivity index is 2.27. The summed E-state index contributed by atoms with van der Waals surface area (Å²) in [6.45, 7) is 0.346. The largest absolute Gasteiger partial charge is 0.370 e. The maximum Gasteiger partial charge on any atom is 0.186 e. The molecule has 0 amide bonds. The van der Waals surface area contributed by atoms with Crippen LogP contribution in [-0.4, -0.2) is 18.5 Å². The van der Waals surface area contributed by atoms with E-state index in [0.29, 0.717) is 6.54 Å². The van der Waals surface area contributed by atoms with Gasteiger partial charge in [-0.25, -0.2) is 4.99 Å². The monoisotopic (exact) mass is 260 g/mol. The van der Waals surface area contributed by atoms with Crippen LogP contribution in [0.2, 0.25) is 0 Å². The average Bonchev–Trinajstić information content (AvgIpc) is 2.80. The van der Waals surface area contributed by atoms with Gasteiger partial charge in [0.05, 0.1) is 12.6 Å². The topological polar surface area (TPSA) is 129 Å². The van der Waals surface area contributed by atoms with E-state index < -0.39 is 0 Å². The summed E-state index contributed by atoms with van der Waals surface area (Å²) >= 11 is 0. The molecule has 0 aromatic heterocycles. The second kappa shape index (κ2) is 5.60. The molecule has 6 nitrogen and oxygen atoms in total. The first-order chi connectivity index (χ1) is 9.06. The normalized spacial score (nSPS) is 14.5. The average molecular weight is 260 g/mol. The minimum Gasteiger partial charge on any atom is -0.370 e. The van der Waals surface area contributed by atoms with Crippen molar-refractivity contribution in [1.82, 2.24) is 0 Å². The molecule has 1 aliphatic rings. The Hall–Kier alpha value is -2.24. The van der Waals surface area contributed by atoms with Gasteiger partial charge in [0, 0.05) is 0 Å². The molecular weight excluding hydrogens is 240 g/mol. The van der Waals surface area contributed by atoms with Gasteiger partial charge in [0.1, 0.15) is 0 Å². The molecule has 0 saturated heterocycles. The van der Waals surface area contributed by atoms with Gasteiger partial charge >= 0.3 is 0 Å². The Morgan fingerprint density at radius 3 is 2.47 bits per heavy atom. The van der Waals surface area contributed by atoms with Crippen LogP contribution in [0.25, 0.3) is 0 Å². The maximum absolute atomic E-state index is 5.47. The molecule has 1 aromatic rings. The number of aryl methyl sites for hydroxylation is 2. The SMILES string of the molecule is NC(N)=NCC(N=C(N)N)c1ccc2c(c1)CCC2. The van der Waals surface area contributed by atoms with Crippen molar-refractivity contribution < 1.29 is 0 Å². The van der Waals surface area contributed by atoms with Crippen LogP contribution >= 0.6 is 0 Å². The van der Waals surface area contributed by atoms with Crippen molar-refractivity contribution in [2.45, 2.75) is 25.3 Å². The molecule has 0 fully saturated rings. The van der Waals surface area contributed by atoms with E-state index in [0.717, 1.165) is 18.4 Å². The highest BCUT2D eigenvalue weighted by Gasteiger charge is 2.15. The van der Waals surface area contributed by atoms with Crippen molar-refractivity contribution in [1.29, 1.82) is 0 Å². The number of nitrogens with two attached hydrogens (primary N) is 4. The third-order valence-corrected chi connectivity index (χ3v) is 3.26. The van der Waals surface area contributed by atoms with Gasteiger partial charge in [-0.1, -0.05) is 18.2 Å². The summed E-state index contributed by atoms with van der Waals surface area (Å²) in [6.07, 6.45) is 3.47. The minimum atomic E-state index is -0.238. The summed E-state index contributed by atoms with van der Waals surface area (Å²) in [4.78, 5) is 8.20. The zero-order valence-electron chi connectivity index (χ0n) is 10.8.